The van der Waals surface area contributed by atoms with Crippen LogP contribution in [0.3, 0.4) is 0 Å². The lowest BCUT2D eigenvalue weighted by molar-refractivity contribution is 0.521. The molecule has 0 bridgehead atoms. The third-order valence-corrected chi connectivity index (χ3v) is 4.96. The van der Waals surface area contributed by atoms with Gasteiger partial charge in [0.25, 0.3) is 0 Å². The van der Waals surface area contributed by atoms with E-state index in [0.29, 0.717) is 11.7 Å². The predicted molar refractivity (Wildman–Crippen MR) is 79.7 cm³/mol. The number of anilines is 2. The van der Waals surface area contributed by atoms with Crippen LogP contribution in [0.1, 0.15) is 26.7 Å². The average molecular weight is 285 g/mol. The first kappa shape index (κ1) is 15.8. The van der Waals surface area contributed by atoms with Crippen molar-refractivity contribution in [1.29, 1.82) is 0 Å². The van der Waals surface area contributed by atoms with Gasteiger partial charge < -0.3 is 11.1 Å². The normalized spacial score (nSPS) is 12.1. The molecule has 0 spiro atoms. The number of nitrogens with two attached hydrogens (primary N) is 1. The van der Waals surface area contributed by atoms with Crippen molar-refractivity contribution in [2.75, 3.05) is 25.1 Å². The van der Waals surface area contributed by atoms with E-state index >= 15 is 0 Å². The molecule has 0 fully saturated rings. The molecule has 0 heterocycles. The summed E-state index contributed by atoms with van der Waals surface area (Å²) in [4.78, 5) is 0.213. The molecule has 0 aliphatic carbocycles. The van der Waals surface area contributed by atoms with Crippen LogP contribution in [0.4, 0.5) is 11.4 Å². The van der Waals surface area contributed by atoms with Crippen molar-refractivity contribution in [1.82, 2.24) is 4.31 Å². The van der Waals surface area contributed by atoms with Crippen molar-refractivity contribution < 1.29 is 8.42 Å². The summed E-state index contributed by atoms with van der Waals surface area (Å²) in [5, 5.41) is 3.32. The molecule has 1 aromatic rings. The van der Waals surface area contributed by atoms with Crippen LogP contribution in [-0.2, 0) is 10.0 Å². The van der Waals surface area contributed by atoms with E-state index in [1.807, 2.05) is 0 Å². The van der Waals surface area contributed by atoms with Crippen LogP contribution in [0.15, 0.2) is 23.1 Å². The van der Waals surface area contributed by atoms with Gasteiger partial charge in [0.2, 0.25) is 10.0 Å². The molecule has 0 saturated heterocycles. The van der Waals surface area contributed by atoms with Gasteiger partial charge in [-0.3, -0.25) is 0 Å². The van der Waals surface area contributed by atoms with Crippen LogP contribution >= 0.6 is 0 Å². The van der Waals surface area contributed by atoms with E-state index < -0.39 is 10.0 Å². The number of hydrogen-bond acceptors (Lipinski definition) is 4. The first-order valence-corrected chi connectivity index (χ1v) is 7.85. The lowest BCUT2D eigenvalue weighted by Gasteiger charge is -2.19. The maximum Gasteiger partial charge on any atom is 0.242 e. The summed E-state index contributed by atoms with van der Waals surface area (Å²) in [6.07, 6.45) is 1.99. The minimum atomic E-state index is -3.43. The molecule has 0 unspecified atom stereocenters. The molecule has 0 atom stereocenters. The van der Waals surface area contributed by atoms with Crippen molar-refractivity contribution in [2.24, 2.45) is 0 Å². The standard InChI is InChI=1S/C13H23N3O2S/c1-5-10(6-2)15-13-8-7-11(9-12(13)14)19(17,18)16(3)4/h7-10,15H,5-6,14H2,1-4H3. The molecule has 1 aromatic carbocycles. The second kappa shape index (κ2) is 6.25. The third kappa shape index (κ3) is 3.61. The van der Waals surface area contributed by atoms with Crippen molar-refractivity contribution >= 4 is 21.4 Å². The second-order valence-corrected chi connectivity index (χ2v) is 6.85. The highest BCUT2D eigenvalue weighted by molar-refractivity contribution is 7.89. The van der Waals surface area contributed by atoms with Gasteiger partial charge in [-0.15, -0.1) is 0 Å². The van der Waals surface area contributed by atoms with Crippen molar-refractivity contribution in [3.05, 3.63) is 18.2 Å². The molecule has 0 saturated carbocycles. The number of nitrogen functional groups attached to an aromatic ring is 1. The average Bonchev–Trinajstić information content (AvgIpc) is 2.37. The van der Waals surface area contributed by atoms with Gasteiger partial charge in [-0.25, -0.2) is 12.7 Å². The Morgan fingerprint density at radius 3 is 2.26 bits per heavy atom. The number of rotatable bonds is 6. The van der Waals surface area contributed by atoms with Crippen LogP contribution in [0.2, 0.25) is 0 Å². The number of nitrogens with one attached hydrogen (secondary N) is 1. The van der Waals surface area contributed by atoms with Crippen molar-refractivity contribution in [3.63, 3.8) is 0 Å². The monoisotopic (exact) mass is 285 g/mol. The first-order chi connectivity index (χ1) is 8.82. The lowest BCUT2D eigenvalue weighted by Crippen LogP contribution is -2.23. The Balaban J connectivity index is 3.05. The minimum Gasteiger partial charge on any atom is -0.397 e. The second-order valence-electron chi connectivity index (χ2n) is 4.69. The fraction of sp³-hybridized carbons (Fsp3) is 0.538. The zero-order valence-corrected chi connectivity index (χ0v) is 12.8. The lowest BCUT2D eigenvalue weighted by atomic mass is 10.1. The molecule has 19 heavy (non-hydrogen) atoms. The molecule has 3 N–H and O–H groups in total. The van der Waals surface area contributed by atoms with E-state index in [0.717, 1.165) is 18.5 Å². The summed E-state index contributed by atoms with van der Waals surface area (Å²) in [6.45, 7) is 4.20. The number of nitrogens with zero attached hydrogens (tertiary/aromatic N) is 1. The van der Waals surface area contributed by atoms with E-state index in [4.69, 9.17) is 5.73 Å². The fourth-order valence-corrected chi connectivity index (χ4v) is 2.69. The molecule has 1 rings (SSSR count). The Kier molecular flexibility index (Phi) is 5.20. The van der Waals surface area contributed by atoms with Crippen molar-refractivity contribution in [2.45, 2.75) is 37.6 Å². The molecule has 6 heteroatoms. The van der Waals surface area contributed by atoms with Crippen LogP contribution in [0.5, 0.6) is 0 Å². The topological polar surface area (TPSA) is 75.4 Å². The van der Waals surface area contributed by atoms with E-state index in [1.165, 1.54) is 24.5 Å². The van der Waals surface area contributed by atoms with Crippen molar-refractivity contribution in [3.8, 4) is 0 Å². The fourth-order valence-electron chi connectivity index (χ4n) is 1.76. The van der Waals surface area contributed by atoms with E-state index in [9.17, 15) is 8.42 Å². The smallest absolute Gasteiger partial charge is 0.242 e. The van der Waals surface area contributed by atoms with Crippen LogP contribution in [-0.4, -0.2) is 32.9 Å². The Bertz CT molecular complexity index is 523. The molecule has 0 radical (unpaired) electrons. The van der Waals surface area contributed by atoms with E-state index in [2.05, 4.69) is 19.2 Å². The quantitative estimate of drug-likeness (QED) is 0.785. The molecule has 0 aliphatic heterocycles. The highest BCUT2D eigenvalue weighted by atomic mass is 32.2. The van der Waals surface area contributed by atoms with Gasteiger partial charge in [0.15, 0.2) is 0 Å². The van der Waals surface area contributed by atoms with Gasteiger partial charge in [0, 0.05) is 20.1 Å². The van der Waals surface area contributed by atoms with E-state index in [1.54, 1.807) is 12.1 Å². The maximum absolute atomic E-state index is 12.0. The Morgan fingerprint density at radius 1 is 1.26 bits per heavy atom. The maximum atomic E-state index is 12.0. The molecule has 108 valence electrons. The predicted octanol–water partition coefficient (Wildman–Crippen LogP) is 2.12. The van der Waals surface area contributed by atoms with Gasteiger partial charge in [-0.05, 0) is 31.0 Å². The Morgan fingerprint density at radius 2 is 1.84 bits per heavy atom. The molecular formula is C13H23N3O2S. The largest absolute Gasteiger partial charge is 0.397 e. The molecule has 0 amide bonds. The summed E-state index contributed by atoms with van der Waals surface area (Å²) >= 11 is 0. The summed E-state index contributed by atoms with van der Waals surface area (Å²) in [5.41, 5.74) is 7.17. The van der Waals surface area contributed by atoms with Gasteiger partial charge in [-0.2, -0.15) is 0 Å². The molecule has 0 aliphatic rings. The summed E-state index contributed by atoms with van der Waals surface area (Å²) < 4.78 is 25.1. The summed E-state index contributed by atoms with van der Waals surface area (Å²) in [5.74, 6) is 0. The Labute approximate surface area is 115 Å². The zero-order valence-electron chi connectivity index (χ0n) is 12.0. The molecular weight excluding hydrogens is 262 g/mol. The Hall–Kier alpha value is -1.27. The number of sulfonamides is 1. The minimum absolute atomic E-state index is 0.213. The first-order valence-electron chi connectivity index (χ1n) is 6.41. The van der Waals surface area contributed by atoms with Gasteiger partial charge in [-0.1, -0.05) is 13.8 Å². The molecule has 0 aromatic heterocycles. The highest BCUT2D eigenvalue weighted by Gasteiger charge is 2.18. The third-order valence-electron chi connectivity index (χ3n) is 3.15. The van der Waals surface area contributed by atoms with Crippen LogP contribution < -0.4 is 11.1 Å². The zero-order chi connectivity index (χ0) is 14.6. The van der Waals surface area contributed by atoms with Gasteiger partial charge >= 0.3 is 0 Å². The van der Waals surface area contributed by atoms with E-state index in [-0.39, 0.29) is 4.90 Å². The molecule has 5 nitrogen and oxygen atoms in total. The van der Waals surface area contributed by atoms with Crippen LogP contribution in [0.25, 0.3) is 0 Å². The van der Waals surface area contributed by atoms with Gasteiger partial charge in [0.05, 0.1) is 16.3 Å². The SMILES string of the molecule is CCC(CC)Nc1ccc(S(=O)(=O)N(C)C)cc1N. The van der Waals surface area contributed by atoms with Crippen LogP contribution in [0, 0.1) is 0 Å². The highest BCUT2D eigenvalue weighted by Crippen LogP contribution is 2.25. The van der Waals surface area contributed by atoms with Gasteiger partial charge in [0.1, 0.15) is 0 Å². The number of hydrogen-bond donors (Lipinski definition) is 2. The summed E-state index contributed by atoms with van der Waals surface area (Å²) in [7, 11) is -0.426. The summed E-state index contributed by atoms with van der Waals surface area (Å²) in [6, 6.07) is 5.15. The number of benzene rings is 1.